The van der Waals surface area contributed by atoms with Crippen molar-refractivity contribution in [3.63, 3.8) is 0 Å². The van der Waals surface area contributed by atoms with Crippen molar-refractivity contribution in [3.05, 3.63) is 0 Å². The molecule has 2 saturated heterocycles. The van der Waals surface area contributed by atoms with Gasteiger partial charge in [-0.2, -0.15) is 0 Å². The van der Waals surface area contributed by atoms with Gasteiger partial charge in [0, 0.05) is 41.5 Å². The van der Waals surface area contributed by atoms with Gasteiger partial charge in [-0.15, -0.1) is 0 Å². The summed E-state index contributed by atoms with van der Waals surface area (Å²) in [5.41, 5.74) is 0. The Morgan fingerprint density at radius 2 is 0.947 bits per heavy atom. The molecule has 0 aliphatic carbocycles. The number of hydrogen-bond donors (Lipinski definition) is 0. The summed E-state index contributed by atoms with van der Waals surface area (Å²) in [5, 5.41) is 0. The van der Waals surface area contributed by atoms with E-state index in [2.05, 4.69) is 0 Å². The summed E-state index contributed by atoms with van der Waals surface area (Å²) >= 11 is 0. The minimum absolute atomic E-state index is 0.343. The van der Waals surface area contributed by atoms with Crippen LogP contribution in [0.5, 0.6) is 0 Å². The molecule has 214 valence electrons. The largest absolute Gasteiger partial charge is 0.457 e. The molecule has 2 rings (SSSR count). The van der Waals surface area contributed by atoms with E-state index in [4.69, 9.17) is 42.6 Å². The molecule has 2 aliphatic heterocycles. The number of rotatable bonds is 8. The fourth-order valence-electron chi connectivity index (χ4n) is 4.04. The van der Waals surface area contributed by atoms with Crippen molar-refractivity contribution < 1.29 is 71.4 Å². The van der Waals surface area contributed by atoms with E-state index >= 15 is 0 Å². The van der Waals surface area contributed by atoms with Crippen molar-refractivity contribution >= 4 is 35.8 Å². The monoisotopic (exact) mass is 548 g/mol. The molecular weight excluding hydrogens is 516 g/mol. The Kier molecular flexibility index (Phi) is 11.0. The third-order valence-electron chi connectivity index (χ3n) is 5.21. The van der Waals surface area contributed by atoms with Crippen molar-refractivity contribution in [2.24, 2.45) is 0 Å². The van der Waals surface area contributed by atoms with E-state index in [1.807, 2.05) is 0 Å². The van der Waals surface area contributed by atoms with Crippen molar-refractivity contribution in [1.29, 1.82) is 0 Å². The van der Waals surface area contributed by atoms with E-state index in [1.54, 1.807) is 0 Å². The molecule has 0 bridgehead atoms. The van der Waals surface area contributed by atoms with Gasteiger partial charge in [-0.25, -0.2) is 0 Å². The number of hydrogen-bond acceptors (Lipinski definition) is 15. The van der Waals surface area contributed by atoms with Crippen LogP contribution in [-0.4, -0.2) is 97.7 Å². The highest BCUT2D eigenvalue weighted by atomic mass is 16.8. The first-order chi connectivity index (χ1) is 17.7. The lowest BCUT2D eigenvalue weighted by molar-refractivity contribution is -0.344. The van der Waals surface area contributed by atoms with Crippen LogP contribution in [0.3, 0.4) is 0 Å². The first-order valence-corrected chi connectivity index (χ1v) is 11.6. The van der Waals surface area contributed by atoms with Crippen molar-refractivity contribution in [3.8, 4) is 0 Å². The van der Waals surface area contributed by atoms with Gasteiger partial charge in [-0.3, -0.25) is 28.8 Å². The Bertz CT molecular complexity index is 916. The summed E-state index contributed by atoms with van der Waals surface area (Å²) in [6.07, 6.45) is -12.1. The third kappa shape index (κ3) is 8.63. The number of carbonyl (C=O) groups is 6. The molecule has 0 spiro atoms. The zero-order valence-corrected chi connectivity index (χ0v) is 22.0. The van der Waals surface area contributed by atoms with Crippen LogP contribution in [0.1, 0.15) is 48.5 Å². The van der Waals surface area contributed by atoms with Gasteiger partial charge in [-0.05, 0) is 6.92 Å². The Morgan fingerprint density at radius 1 is 0.526 bits per heavy atom. The Morgan fingerprint density at radius 3 is 1.42 bits per heavy atom. The van der Waals surface area contributed by atoms with Crippen LogP contribution in [-0.2, 0) is 71.4 Å². The van der Waals surface area contributed by atoms with Gasteiger partial charge >= 0.3 is 35.8 Å². The lowest BCUT2D eigenvalue weighted by Crippen LogP contribution is -2.64. The van der Waals surface area contributed by atoms with Crippen LogP contribution in [0.2, 0.25) is 0 Å². The zero-order chi connectivity index (χ0) is 28.7. The summed E-state index contributed by atoms with van der Waals surface area (Å²) in [4.78, 5) is 70.9. The maximum absolute atomic E-state index is 12.0. The van der Waals surface area contributed by atoms with Gasteiger partial charge in [0.15, 0.2) is 36.8 Å². The molecule has 0 radical (unpaired) electrons. The standard InChI is InChI=1S/C23H32O15/c1-9-17(33-11(3)25)19(34-12(4)26)21(36-14(6)28)23(31-9)38-18-16(32-10(2)24)8-30-22(37-15(7)29)20(18)35-13(5)27/h9,16-23H,8H2,1-7H3/t9-,16+,17-,18-,19+,20+,21+,22?,23-/m0/s1. The van der Waals surface area contributed by atoms with Gasteiger partial charge in [0.25, 0.3) is 0 Å². The fourth-order valence-corrected chi connectivity index (χ4v) is 4.04. The maximum atomic E-state index is 12.0. The summed E-state index contributed by atoms with van der Waals surface area (Å²) in [6, 6.07) is 0. The van der Waals surface area contributed by atoms with Gasteiger partial charge < -0.3 is 42.6 Å². The lowest BCUT2D eigenvalue weighted by atomic mass is 9.98. The molecule has 15 heteroatoms. The summed E-state index contributed by atoms with van der Waals surface area (Å²) in [5.74, 6) is -4.64. The van der Waals surface area contributed by atoms with Crippen LogP contribution >= 0.6 is 0 Å². The Balaban J connectivity index is 2.52. The van der Waals surface area contributed by atoms with E-state index in [0.717, 1.165) is 41.5 Å². The highest BCUT2D eigenvalue weighted by Crippen LogP contribution is 2.33. The van der Waals surface area contributed by atoms with Crippen LogP contribution in [0.15, 0.2) is 0 Å². The van der Waals surface area contributed by atoms with Crippen LogP contribution in [0, 0.1) is 0 Å². The SMILES string of the molecule is CC(=O)OC1OC[C@@H](OC(C)=O)[C@H](O[C@@H]2O[C@@H](C)[C@H](OC(C)=O)[C@@H](OC(C)=O)[C@H]2OC(C)=O)[C@H]1OC(C)=O. The number of ether oxygens (including phenoxy) is 9. The third-order valence-corrected chi connectivity index (χ3v) is 5.21. The highest BCUT2D eigenvalue weighted by molar-refractivity contribution is 5.69. The van der Waals surface area contributed by atoms with Gasteiger partial charge in [0.05, 0.1) is 12.7 Å². The molecule has 9 atom stereocenters. The first-order valence-electron chi connectivity index (χ1n) is 11.6. The molecular formula is C23H32O15. The highest BCUT2D eigenvalue weighted by Gasteiger charge is 2.55. The van der Waals surface area contributed by atoms with Crippen molar-refractivity contribution in [1.82, 2.24) is 0 Å². The van der Waals surface area contributed by atoms with E-state index in [-0.39, 0.29) is 6.61 Å². The van der Waals surface area contributed by atoms with Crippen LogP contribution in [0.4, 0.5) is 0 Å². The zero-order valence-electron chi connectivity index (χ0n) is 22.0. The average Bonchev–Trinajstić information content (AvgIpc) is 2.75. The summed E-state index contributed by atoms with van der Waals surface area (Å²) in [7, 11) is 0. The molecule has 0 N–H and O–H groups in total. The normalized spacial score (nSPS) is 32.8. The van der Waals surface area contributed by atoms with Gasteiger partial charge in [0.1, 0.15) is 6.10 Å². The molecule has 0 aromatic heterocycles. The molecule has 0 saturated carbocycles. The van der Waals surface area contributed by atoms with E-state index < -0.39 is 91.1 Å². The molecule has 2 fully saturated rings. The molecule has 1 unspecified atom stereocenters. The molecule has 2 aliphatic rings. The van der Waals surface area contributed by atoms with Crippen LogP contribution in [0.25, 0.3) is 0 Å². The quantitative estimate of drug-likeness (QED) is 0.284. The smallest absolute Gasteiger partial charge is 0.305 e. The number of carbonyl (C=O) groups excluding carboxylic acids is 6. The molecule has 38 heavy (non-hydrogen) atoms. The van der Waals surface area contributed by atoms with Gasteiger partial charge in [-0.1, -0.05) is 0 Å². The predicted molar refractivity (Wildman–Crippen MR) is 118 cm³/mol. The van der Waals surface area contributed by atoms with Crippen molar-refractivity contribution in [2.75, 3.05) is 6.61 Å². The fraction of sp³-hybridized carbons (Fsp3) is 0.739. The maximum Gasteiger partial charge on any atom is 0.305 e. The molecule has 2 heterocycles. The van der Waals surface area contributed by atoms with E-state index in [1.165, 1.54) is 6.92 Å². The minimum atomic E-state index is -1.54. The predicted octanol–water partition coefficient (Wildman–Crippen LogP) is -0.306. The number of esters is 6. The van der Waals surface area contributed by atoms with E-state index in [0.29, 0.717) is 0 Å². The van der Waals surface area contributed by atoms with Crippen molar-refractivity contribution in [2.45, 2.75) is 104 Å². The molecule has 0 aromatic rings. The van der Waals surface area contributed by atoms with Crippen LogP contribution < -0.4 is 0 Å². The first kappa shape index (κ1) is 30.9. The van der Waals surface area contributed by atoms with E-state index in [9.17, 15) is 28.8 Å². The Labute approximate surface area is 218 Å². The summed E-state index contributed by atoms with van der Waals surface area (Å²) < 4.78 is 49.0. The average molecular weight is 548 g/mol. The molecule has 0 aromatic carbocycles. The second-order valence-electron chi connectivity index (χ2n) is 8.57. The van der Waals surface area contributed by atoms with Gasteiger partial charge in [0.2, 0.25) is 6.29 Å². The Hall–Kier alpha value is -3.30. The minimum Gasteiger partial charge on any atom is -0.457 e. The summed E-state index contributed by atoms with van der Waals surface area (Å²) in [6.45, 7) is 7.76. The second-order valence-corrected chi connectivity index (χ2v) is 8.57. The topological polar surface area (TPSA) is 185 Å². The lowest BCUT2D eigenvalue weighted by Gasteiger charge is -2.46. The second kappa shape index (κ2) is 13.5. The molecule has 0 amide bonds. The molecule has 15 nitrogen and oxygen atoms in total.